The van der Waals surface area contributed by atoms with Gasteiger partial charge in [-0.3, -0.25) is 0 Å². The van der Waals surface area contributed by atoms with Crippen LogP contribution in [0, 0.1) is 13.8 Å². The van der Waals surface area contributed by atoms with Crippen LogP contribution in [0.5, 0.6) is 0 Å². The molecule has 1 atom stereocenters. The summed E-state index contributed by atoms with van der Waals surface area (Å²) in [6, 6.07) is 10.7. The van der Waals surface area contributed by atoms with E-state index in [1.54, 1.807) is 11.3 Å². The largest absolute Gasteiger partial charge is 0.355 e. The zero-order valence-corrected chi connectivity index (χ0v) is 10.6. The minimum Gasteiger partial charge on any atom is -0.355 e. The minimum absolute atomic E-state index is 0.297. The molecular weight excluding hydrogens is 216 g/mol. The standard InChI is InChI=1S/C13H16N2S/c1-9-11(3)16-13(14-9)15-10(2)12-7-5-4-6-8-12/h4-8,10H,1-3H3,(H,14,15). The first-order chi connectivity index (χ1) is 7.66. The van der Waals surface area contributed by atoms with Crippen LogP contribution in [-0.2, 0) is 0 Å². The Bertz CT molecular complexity index is 443. The van der Waals surface area contributed by atoms with Crippen LogP contribution < -0.4 is 5.32 Å². The molecular formula is C13H16N2S. The van der Waals surface area contributed by atoms with Crippen molar-refractivity contribution in [3.05, 3.63) is 46.5 Å². The fourth-order valence-corrected chi connectivity index (χ4v) is 2.45. The van der Waals surface area contributed by atoms with Crippen molar-refractivity contribution in [2.24, 2.45) is 0 Å². The van der Waals surface area contributed by atoms with Crippen molar-refractivity contribution in [1.29, 1.82) is 0 Å². The third-order valence-electron chi connectivity index (χ3n) is 2.67. The molecule has 2 aromatic rings. The SMILES string of the molecule is Cc1nc(NC(C)c2ccccc2)sc1C. The number of hydrogen-bond acceptors (Lipinski definition) is 3. The number of nitrogens with zero attached hydrogens (tertiary/aromatic N) is 1. The van der Waals surface area contributed by atoms with Crippen LogP contribution >= 0.6 is 11.3 Å². The van der Waals surface area contributed by atoms with Crippen molar-refractivity contribution in [3.8, 4) is 0 Å². The number of aryl methyl sites for hydroxylation is 2. The van der Waals surface area contributed by atoms with Gasteiger partial charge in [-0.15, -0.1) is 11.3 Å². The van der Waals surface area contributed by atoms with E-state index in [0.29, 0.717) is 6.04 Å². The smallest absolute Gasteiger partial charge is 0.183 e. The molecule has 0 aliphatic carbocycles. The summed E-state index contributed by atoms with van der Waals surface area (Å²) in [6.45, 7) is 6.30. The molecule has 1 aromatic carbocycles. The number of thiazole rings is 1. The van der Waals surface area contributed by atoms with Crippen LogP contribution in [0.4, 0.5) is 5.13 Å². The van der Waals surface area contributed by atoms with Crippen molar-refractivity contribution >= 4 is 16.5 Å². The van der Waals surface area contributed by atoms with E-state index in [-0.39, 0.29) is 0 Å². The molecule has 0 saturated carbocycles. The maximum Gasteiger partial charge on any atom is 0.183 e. The van der Waals surface area contributed by atoms with E-state index in [9.17, 15) is 0 Å². The number of hydrogen-bond donors (Lipinski definition) is 1. The van der Waals surface area contributed by atoms with Crippen molar-refractivity contribution < 1.29 is 0 Å². The number of rotatable bonds is 3. The van der Waals surface area contributed by atoms with E-state index in [1.165, 1.54) is 10.4 Å². The minimum atomic E-state index is 0.297. The molecule has 0 amide bonds. The summed E-state index contributed by atoms with van der Waals surface area (Å²) in [6.07, 6.45) is 0. The average molecular weight is 232 g/mol. The Morgan fingerprint density at radius 2 is 1.88 bits per heavy atom. The van der Waals surface area contributed by atoms with Crippen LogP contribution in [0.15, 0.2) is 30.3 Å². The maximum atomic E-state index is 4.48. The van der Waals surface area contributed by atoms with Gasteiger partial charge >= 0.3 is 0 Å². The molecule has 0 aliphatic heterocycles. The molecule has 1 heterocycles. The monoisotopic (exact) mass is 232 g/mol. The number of benzene rings is 1. The van der Waals surface area contributed by atoms with E-state index >= 15 is 0 Å². The second kappa shape index (κ2) is 4.66. The Labute approximate surface area is 100 Å². The summed E-state index contributed by atoms with van der Waals surface area (Å²) < 4.78 is 0. The molecule has 1 N–H and O–H groups in total. The normalized spacial score (nSPS) is 12.4. The van der Waals surface area contributed by atoms with Crippen molar-refractivity contribution in [2.75, 3.05) is 5.32 Å². The van der Waals surface area contributed by atoms with Gasteiger partial charge < -0.3 is 5.32 Å². The third kappa shape index (κ3) is 2.42. The lowest BCUT2D eigenvalue weighted by atomic mass is 10.1. The van der Waals surface area contributed by atoms with Gasteiger partial charge in [0.05, 0.1) is 11.7 Å². The van der Waals surface area contributed by atoms with Crippen LogP contribution in [0.25, 0.3) is 0 Å². The van der Waals surface area contributed by atoms with Gasteiger partial charge in [-0.05, 0) is 26.3 Å². The first-order valence-corrected chi connectivity index (χ1v) is 6.24. The highest BCUT2D eigenvalue weighted by molar-refractivity contribution is 7.15. The second-order valence-corrected chi connectivity index (χ2v) is 5.14. The van der Waals surface area contributed by atoms with E-state index in [0.717, 1.165) is 10.8 Å². The summed E-state index contributed by atoms with van der Waals surface area (Å²) in [4.78, 5) is 5.76. The average Bonchev–Trinajstić information content (AvgIpc) is 2.59. The topological polar surface area (TPSA) is 24.9 Å². The summed E-state index contributed by atoms with van der Waals surface area (Å²) in [5.41, 5.74) is 2.40. The molecule has 16 heavy (non-hydrogen) atoms. The van der Waals surface area contributed by atoms with Gasteiger partial charge in [0.1, 0.15) is 0 Å². The third-order valence-corrected chi connectivity index (χ3v) is 3.67. The van der Waals surface area contributed by atoms with Crippen LogP contribution in [0.3, 0.4) is 0 Å². The summed E-state index contributed by atoms with van der Waals surface area (Å²) in [7, 11) is 0. The highest BCUT2D eigenvalue weighted by atomic mass is 32.1. The van der Waals surface area contributed by atoms with Gasteiger partial charge in [0.25, 0.3) is 0 Å². The Kier molecular flexibility index (Phi) is 3.25. The summed E-state index contributed by atoms with van der Waals surface area (Å²) in [5, 5.41) is 4.43. The quantitative estimate of drug-likeness (QED) is 0.867. The van der Waals surface area contributed by atoms with Crippen LogP contribution in [-0.4, -0.2) is 4.98 Å². The highest BCUT2D eigenvalue weighted by Crippen LogP contribution is 2.25. The Hall–Kier alpha value is -1.35. The second-order valence-electron chi connectivity index (χ2n) is 3.94. The highest BCUT2D eigenvalue weighted by Gasteiger charge is 2.08. The molecule has 1 unspecified atom stereocenters. The maximum absolute atomic E-state index is 4.48. The van der Waals surface area contributed by atoms with E-state index in [4.69, 9.17) is 0 Å². The van der Waals surface area contributed by atoms with Crippen molar-refractivity contribution in [3.63, 3.8) is 0 Å². The van der Waals surface area contributed by atoms with Crippen molar-refractivity contribution in [2.45, 2.75) is 26.8 Å². The van der Waals surface area contributed by atoms with Crippen LogP contribution in [0.2, 0.25) is 0 Å². The molecule has 1 aromatic heterocycles. The zero-order chi connectivity index (χ0) is 11.5. The van der Waals surface area contributed by atoms with Crippen LogP contribution in [0.1, 0.15) is 29.1 Å². The number of nitrogens with one attached hydrogen (secondary N) is 1. The van der Waals surface area contributed by atoms with E-state index in [1.807, 2.05) is 13.0 Å². The summed E-state index contributed by atoms with van der Waals surface area (Å²) >= 11 is 1.72. The molecule has 0 saturated heterocycles. The molecule has 84 valence electrons. The zero-order valence-electron chi connectivity index (χ0n) is 9.82. The lowest BCUT2D eigenvalue weighted by Crippen LogP contribution is -2.05. The molecule has 2 rings (SSSR count). The molecule has 0 fully saturated rings. The predicted octanol–water partition coefficient (Wildman–Crippen LogP) is 3.93. The first kappa shape index (κ1) is 11.1. The van der Waals surface area contributed by atoms with Crippen molar-refractivity contribution in [1.82, 2.24) is 4.98 Å². The Morgan fingerprint density at radius 3 is 2.44 bits per heavy atom. The van der Waals surface area contributed by atoms with E-state index in [2.05, 4.69) is 48.4 Å². The summed E-state index contributed by atoms with van der Waals surface area (Å²) in [5.74, 6) is 0. The fourth-order valence-electron chi connectivity index (χ4n) is 1.54. The lowest BCUT2D eigenvalue weighted by Gasteiger charge is -2.12. The molecule has 3 heteroatoms. The first-order valence-electron chi connectivity index (χ1n) is 5.42. The Balaban J connectivity index is 2.11. The molecule has 0 bridgehead atoms. The van der Waals surface area contributed by atoms with Gasteiger partial charge in [0.15, 0.2) is 5.13 Å². The van der Waals surface area contributed by atoms with E-state index < -0.39 is 0 Å². The molecule has 0 radical (unpaired) electrons. The van der Waals surface area contributed by atoms with Gasteiger partial charge in [0, 0.05) is 4.88 Å². The number of aromatic nitrogens is 1. The lowest BCUT2D eigenvalue weighted by molar-refractivity contribution is 0.880. The Morgan fingerprint density at radius 1 is 1.19 bits per heavy atom. The van der Waals surface area contributed by atoms with Gasteiger partial charge in [-0.1, -0.05) is 30.3 Å². The molecule has 0 spiro atoms. The predicted molar refractivity (Wildman–Crippen MR) is 70.1 cm³/mol. The van der Waals surface area contributed by atoms with Gasteiger partial charge in [0.2, 0.25) is 0 Å². The van der Waals surface area contributed by atoms with Gasteiger partial charge in [-0.2, -0.15) is 0 Å². The molecule has 2 nitrogen and oxygen atoms in total. The number of anilines is 1. The van der Waals surface area contributed by atoms with Gasteiger partial charge in [-0.25, -0.2) is 4.98 Å². The molecule has 0 aliphatic rings. The fraction of sp³-hybridized carbons (Fsp3) is 0.308.